The predicted octanol–water partition coefficient (Wildman–Crippen LogP) is 6.13. The van der Waals surface area contributed by atoms with Gasteiger partial charge in [0.1, 0.15) is 0 Å². The van der Waals surface area contributed by atoms with Crippen LogP contribution in [0.5, 0.6) is 0 Å². The molecule has 6 aromatic rings. The Morgan fingerprint density at radius 2 is 0.517 bits per heavy atom. The van der Waals surface area contributed by atoms with Crippen molar-refractivity contribution in [1.29, 1.82) is 0 Å². The van der Waals surface area contributed by atoms with Crippen molar-refractivity contribution in [2.45, 2.75) is 0 Å². The van der Waals surface area contributed by atoms with Crippen molar-refractivity contribution in [3.05, 3.63) is 239 Å². The third-order valence-corrected chi connectivity index (χ3v) is 13.6. The Morgan fingerprint density at radius 3 is 0.683 bits per heavy atom. The number of nitrogens with zero attached hydrogens (tertiary/aromatic N) is 3. The van der Waals surface area contributed by atoms with Crippen LogP contribution in [0.2, 0.25) is 0 Å². The Balaban J connectivity index is 0.000000892. The molecule has 0 spiro atoms. The van der Waals surface area contributed by atoms with Crippen LogP contribution in [-0.2, 0) is 14.6 Å². The van der Waals surface area contributed by atoms with Crippen molar-refractivity contribution in [2.75, 3.05) is 12.3 Å². The van der Waals surface area contributed by atoms with E-state index >= 15 is 0 Å². The molecule has 0 atom stereocenters. The van der Waals surface area contributed by atoms with E-state index in [4.69, 9.17) is 46.0 Å². The number of rotatable bonds is 10. The first-order valence-corrected chi connectivity index (χ1v) is 20.4. The molecular weight excluding hydrogens is 960 g/mol. The monoisotopic (exact) mass is 998 g/mol. The van der Waals surface area contributed by atoms with Crippen LogP contribution in [0.25, 0.3) is 0 Å². The van der Waals surface area contributed by atoms with Crippen LogP contribution in [0.15, 0.2) is 182 Å². The van der Waals surface area contributed by atoms with Crippen molar-refractivity contribution in [3.63, 3.8) is 0 Å². The Kier molecular flexibility index (Phi) is 25.9. The van der Waals surface area contributed by atoms with Gasteiger partial charge in [-0.25, -0.2) is 0 Å². The topological polar surface area (TPSA) is 300 Å². The number of Topliss-reactive ketones (excluding diaryl/α,β-unsaturated/α-hetero) is 2. The Morgan fingerprint density at radius 1 is 0.367 bits per heavy atom. The zero-order valence-electron chi connectivity index (χ0n) is 31.2. The number of carbonyl (C=O) groups is 2. The summed E-state index contributed by atoms with van der Waals surface area (Å²) in [4.78, 5) is 50.0. The average molecular weight is 998 g/mol. The molecule has 312 valence electrons. The van der Waals surface area contributed by atoms with E-state index in [1.54, 1.807) is 24.3 Å². The molecular formula is C40H37EuN3O14P2+. The second kappa shape index (κ2) is 28.6. The molecule has 0 heterocycles. The normalized spacial score (nSPS) is 9.73. The fraction of sp³-hybridized carbons (Fsp3) is 0.0500. The molecule has 3 N–H and O–H groups in total. The van der Waals surface area contributed by atoms with Crippen LogP contribution in [0, 0.1) is 95.3 Å². The zero-order valence-corrected chi connectivity index (χ0v) is 35.4. The molecule has 0 unspecified atom stereocenters. The molecule has 17 nitrogen and oxygen atoms in total. The molecule has 0 aliphatic rings. The van der Waals surface area contributed by atoms with Crippen molar-refractivity contribution in [2.24, 2.45) is 0 Å². The van der Waals surface area contributed by atoms with Gasteiger partial charge < -0.3 is 60.6 Å². The third kappa shape index (κ3) is 19.3. The summed E-state index contributed by atoms with van der Waals surface area (Å²) in [7, 11) is -5.99. The van der Waals surface area contributed by atoms with Gasteiger partial charge in [-0.2, -0.15) is 0 Å². The van der Waals surface area contributed by atoms with Crippen LogP contribution in [0.4, 0.5) is 0 Å². The number of ketones is 2. The second-order valence-electron chi connectivity index (χ2n) is 11.4. The first kappa shape index (κ1) is 54.3. The van der Waals surface area contributed by atoms with Gasteiger partial charge in [0.25, 0.3) is 0 Å². The van der Waals surface area contributed by atoms with Gasteiger partial charge in [0.15, 0.2) is 25.9 Å². The van der Waals surface area contributed by atoms with E-state index in [1.807, 2.05) is 158 Å². The molecule has 0 aliphatic carbocycles. The Hall–Kier alpha value is -5.74. The summed E-state index contributed by atoms with van der Waals surface area (Å²) >= 11 is 0. The van der Waals surface area contributed by atoms with E-state index < -0.39 is 29.5 Å². The number of carbonyl (C=O) groups excluding carboxylic acids is 2. The number of hydrogen-bond donors (Lipinski definition) is 0. The first-order valence-electron chi connectivity index (χ1n) is 16.6. The first-order chi connectivity index (χ1) is 27.6. The van der Waals surface area contributed by atoms with Gasteiger partial charge in [0, 0.05) is 32.3 Å². The Bertz CT molecular complexity index is 2030. The summed E-state index contributed by atoms with van der Waals surface area (Å²) < 4.78 is 27.6. The van der Waals surface area contributed by atoms with E-state index in [0.29, 0.717) is 11.1 Å². The van der Waals surface area contributed by atoms with E-state index in [0.717, 1.165) is 21.2 Å². The van der Waals surface area contributed by atoms with Crippen LogP contribution in [0.3, 0.4) is 0 Å². The summed E-state index contributed by atoms with van der Waals surface area (Å²) in [6, 6.07) is 55.2. The van der Waals surface area contributed by atoms with Gasteiger partial charge in [0.05, 0.1) is 27.6 Å². The maximum Gasteiger partial charge on any atom is 3.00 e. The van der Waals surface area contributed by atoms with Crippen molar-refractivity contribution in [3.8, 4) is 0 Å². The number of benzene rings is 6. The van der Waals surface area contributed by atoms with Crippen molar-refractivity contribution < 1.29 is 88.8 Å². The second-order valence-corrected chi connectivity index (χ2v) is 17.0. The minimum atomic E-state index is -3.00. The van der Waals surface area contributed by atoms with Gasteiger partial charge in [-0.1, -0.05) is 182 Å². The van der Waals surface area contributed by atoms with Crippen LogP contribution >= 0.6 is 14.3 Å². The van der Waals surface area contributed by atoms with Crippen molar-refractivity contribution >= 4 is 47.1 Å². The van der Waals surface area contributed by atoms with E-state index in [9.17, 15) is 18.7 Å². The summed E-state index contributed by atoms with van der Waals surface area (Å²) in [6.07, 6.45) is 0.01000. The third-order valence-electron chi connectivity index (χ3n) is 7.62. The van der Waals surface area contributed by atoms with Crippen LogP contribution < -0.4 is 21.2 Å². The summed E-state index contributed by atoms with van der Waals surface area (Å²) in [5, 5.41) is 47.1. The minimum absolute atomic E-state index is 0. The van der Waals surface area contributed by atoms with Gasteiger partial charge in [-0.05, 0) is 0 Å². The molecule has 0 saturated carbocycles. The van der Waals surface area contributed by atoms with E-state index in [2.05, 4.69) is 0 Å². The quantitative estimate of drug-likeness (QED) is 0.0491. The molecule has 6 rings (SSSR count). The van der Waals surface area contributed by atoms with Crippen molar-refractivity contribution in [1.82, 2.24) is 0 Å². The molecule has 6 aromatic carbocycles. The fourth-order valence-electron chi connectivity index (χ4n) is 5.17. The largest absolute Gasteiger partial charge is 3.00 e. The number of hydrogen-bond acceptors (Lipinski definition) is 13. The van der Waals surface area contributed by atoms with Gasteiger partial charge in [-0.3, -0.25) is 9.59 Å². The smallest absolute Gasteiger partial charge is 0.457 e. The molecule has 0 saturated heterocycles. The maximum atomic E-state index is 13.8. The summed E-state index contributed by atoms with van der Waals surface area (Å²) in [5.41, 5.74) is 1.19. The van der Waals surface area contributed by atoms with E-state index in [-0.39, 0.29) is 78.7 Å². The average Bonchev–Trinajstić information content (AvgIpc) is 3.22. The van der Waals surface area contributed by atoms with Crippen LogP contribution in [-0.4, -0.2) is 39.2 Å². The summed E-state index contributed by atoms with van der Waals surface area (Å²) in [5.74, 6) is -0.191. The maximum absolute atomic E-state index is 13.8. The molecule has 0 aliphatic heterocycles. The molecule has 0 aromatic heterocycles. The van der Waals surface area contributed by atoms with E-state index in [1.165, 1.54) is 0 Å². The van der Waals surface area contributed by atoms with Gasteiger partial charge in [-0.15, -0.1) is 0 Å². The molecule has 0 fully saturated rings. The molecule has 0 bridgehead atoms. The molecule has 0 amide bonds. The molecule has 20 heteroatoms. The molecule has 0 radical (unpaired) electrons. The van der Waals surface area contributed by atoms with Gasteiger partial charge in [0.2, 0.25) is 0 Å². The molecule has 60 heavy (non-hydrogen) atoms. The SMILES string of the molecule is O=C(CP(=O)(c1ccccc1)c1ccccc1)c1ccccc1.O=C(CP(=O)(c1ccccc1)c1ccccc1)c1ccccc1.O=[N+]([O-])[O-].O=[N+]([O-])[O-].O=[N+]([O-])[O-].[Eu+3].[OH3+]. The Labute approximate surface area is 384 Å². The zero-order chi connectivity index (χ0) is 43.0. The predicted molar refractivity (Wildman–Crippen MR) is 227 cm³/mol. The van der Waals surface area contributed by atoms with Gasteiger partial charge >= 0.3 is 49.4 Å². The van der Waals surface area contributed by atoms with Crippen LogP contribution in [0.1, 0.15) is 20.7 Å². The standard InChI is InChI=1S/2C20H17O2P.Eu.3NO3.H2O/c2*21-20(17-10-4-1-5-11-17)16-23(22,18-12-6-2-7-13-18)19-14-8-3-9-15-19;;3*2-1(3)4;/h2*1-15H,16H2;;;;;1H2/q;;+3;3*-1;/p+1. The fourth-order valence-corrected chi connectivity index (χ4v) is 10.3. The minimum Gasteiger partial charge on any atom is -0.457 e. The summed E-state index contributed by atoms with van der Waals surface area (Å²) in [6.45, 7) is 0.